The summed E-state index contributed by atoms with van der Waals surface area (Å²) < 4.78 is 0. The maximum atomic E-state index is 5.92. The maximum Gasteiger partial charge on any atom is 0.111 e. The third kappa shape index (κ3) is 2.31. The highest BCUT2D eigenvalue weighted by atomic mass is 35.5. The normalized spacial score (nSPS) is 10.2. The van der Waals surface area contributed by atoms with Crippen LogP contribution in [0.1, 0.15) is 11.4 Å². The molecule has 0 bridgehead atoms. The van der Waals surface area contributed by atoms with Gasteiger partial charge in [-0.05, 0) is 23.8 Å². The Balaban J connectivity index is 0.00000120. The number of imidazole rings is 1. The lowest BCUT2D eigenvalue weighted by Gasteiger charge is -2.01. The zero-order valence-electron chi connectivity index (χ0n) is 9.76. The minimum Gasteiger partial charge on any atom is -0.398 e. The summed E-state index contributed by atoms with van der Waals surface area (Å²) in [5.74, 6) is 0.948. The van der Waals surface area contributed by atoms with Gasteiger partial charge in [-0.3, -0.25) is 0 Å². The van der Waals surface area contributed by atoms with E-state index in [2.05, 4.69) is 9.97 Å². The molecule has 0 saturated heterocycles. The van der Waals surface area contributed by atoms with Crippen LogP contribution in [0.15, 0.2) is 48.5 Å². The van der Waals surface area contributed by atoms with Gasteiger partial charge in [0.05, 0.1) is 11.0 Å². The Kier molecular flexibility index (Phi) is 3.53. The average Bonchev–Trinajstić information content (AvgIpc) is 2.74. The van der Waals surface area contributed by atoms with Gasteiger partial charge in [-0.25, -0.2) is 4.98 Å². The number of hydrogen-bond donors (Lipinski definition) is 2. The van der Waals surface area contributed by atoms with Gasteiger partial charge in [-0.1, -0.05) is 30.3 Å². The smallest absolute Gasteiger partial charge is 0.111 e. The third-order valence-electron chi connectivity index (χ3n) is 2.85. The molecule has 2 aromatic carbocycles. The van der Waals surface area contributed by atoms with Gasteiger partial charge in [-0.2, -0.15) is 0 Å². The number of nitrogens with two attached hydrogens (primary N) is 1. The fourth-order valence-electron chi connectivity index (χ4n) is 1.96. The van der Waals surface area contributed by atoms with Crippen molar-refractivity contribution in [3.8, 4) is 0 Å². The molecule has 3 nitrogen and oxygen atoms in total. The van der Waals surface area contributed by atoms with Crippen LogP contribution in [-0.4, -0.2) is 9.97 Å². The largest absolute Gasteiger partial charge is 0.398 e. The molecule has 0 spiro atoms. The van der Waals surface area contributed by atoms with Crippen LogP contribution in [0, 0.1) is 0 Å². The van der Waals surface area contributed by atoms with Crippen LogP contribution in [0.4, 0.5) is 5.69 Å². The van der Waals surface area contributed by atoms with Crippen molar-refractivity contribution in [3.63, 3.8) is 0 Å². The second-order valence-corrected chi connectivity index (χ2v) is 4.08. The zero-order chi connectivity index (χ0) is 11.7. The summed E-state index contributed by atoms with van der Waals surface area (Å²) in [4.78, 5) is 7.84. The molecule has 0 aliphatic heterocycles. The van der Waals surface area contributed by atoms with Gasteiger partial charge < -0.3 is 10.7 Å². The van der Waals surface area contributed by atoms with Crippen molar-refractivity contribution in [2.24, 2.45) is 0 Å². The van der Waals surface area contributed by atoms with Gasteiger partial charge in [-0.15, -0.1) is 12.4 Å². The summed E-state index contributed by atoms with van der Waals surface area (Å²) >= 11 is 0. The summed E-state index contributed by atoms with van der Waals surface area (Å²) in [5.41, 5.74) is 9.90. The minimum atomic E-state index is 0. The molecule has 0 amide bonds. The second-order valence-electron chi connectivity index (χ2n) is 4.08. The van der Waals surface area contributed by atoms with E-state index >= 15 is 0 Å². The third-order valence-corrected chi connectivity index (χ3v) is 2.85. The summed E-state index contributed by atoms with van der Waals surface area (Å²) in [6, 6.07) is 15.9. The summed E-state index contributed by atoms with van der Waals surface area (Å²) in [6.45, 7) is 0. The van der Waals surface area contributed by atoms with E-state index in [9.17, 15) is 0 Å². The average molecular weight is 260 g/mol. The molecule has 18 heavy (non-hydrogen) atoms. The Labute approximate surface area is 111 Å². The van der Waals surface area contributed by atoms with Crippen molar-refractivity contribution >= 4 is 29.1 Å². The summed E-state index contributed by atoms with van der Waals surface area (Å²) in [5, 5.41) is 0. The van der Waals surface area contributed by atoms with E-state index in [1.165, 1.54) is 0 Å². The van der Waals surface area contributed by atoms with Gasteiger partial charge in [0.25, 0.3) is 0 Å². The molecule has 0 saturated carbocycles. The van der Waals surface area contributed by atoms with Crippen LogP contribution >= 0.6 is 12.4 Å². The lowest BCUT2D eigenvalue weighted by molar-refractivity contribution is 1.04. The fourth-order valence-corrected chi connectivity index (χ4v) is 1.96. The van der Waals surface area contributed by atoms with E-state index in [1.807, 2.05) is 48.5 Å². The van der Waals surface area contributed by atoms with Crippen molar-refractivity contribution in [1.82, 2.24) is 9.97 Å². The van der Waals surface area contributed by atoms with E-state index in [0.717, 1.165) is 34.5 Å². The molecular weight excluding hydrogens is 246 g/mol. The number of H-pyrrole nitrogens is 1. The maximum absolute atomic E-state index is 5.92. The van der Waals surface area contributed by atoms with E-state index in [4.69, 9.17) is 5.73 Å². The fraction of sp³-hybridized carbons (Fsp3) is 0.0714. The number of halogens is 1. The van der Waals surface area contributed by atoms with Gasteiger partial charge in [0.15, 0.2) is 0 Å². The van der Waals surface area contributed by atoms with E-state index in [0.29, 0.717) is 0 Å². The molecule has 3 N–H and O–H groups in total. The van der Waals surface area contributed by atoms with Crippen LogP contribution < -0.4 is 5.73 Å². The number of aromatic amines is 1. The number of nitrogen functional groups attached to an aromatic ring is 1. The van der Waals surface area contributed by atoms with Crippen LogP contribution in [0.25, 0.3) is 11.0 Å². The van der Waals surface area contributed by atoms with Gasteiger partial charge in [0, 0.05) is 12.1 Å². The molecule has 0 unspecified atom stereocenters. The highest BCUT2D eigenvalue weighted by molar-refractivity contribution is 5.85. The van der Waals surface area contributed by atoms with E-state index in [1.54, 1.807) is 0 Å². The lowest BCUT2D eigenvalue weighted by atomic mass is 10.1. The highest BCUT2D eigenvalue weighted by Crippen LogP contribution is 2.17. The molecule has 3 aromatic rings. The molecule has 4 heteroatoms. The quantitative estimate of drug-likeness (QED) is 0.695. The Hall–Kier alpha value is -2.00. The number of nitrogens with zero attached hydrogens (tertiary/aromatic N) is 1. The topological polar surface area (TPSA) is 54.7 Å². The molecule has 1 heterocycles. The number of anilines is 1. The molecule has 3 rings (SSSR count). The molecule has 1 aromatic heterocycles. The first-order chi connectivity index (χ1) is 8.33. The molecule has 0 fully saturated rings. The predicted molar refractivity (Wildman–Crippen MR) is 77.0 cm³/mol. The number of nitrogens with one attached hydrogen (secondary N) is 1. The molecular formula is C14H14ClN3. The lowest BCUT2D eigenvalue weighted by Crippen LogP contribution is -1.96. The monoisotopic (exact) mass is 259 g/mol. The Morgan fingerprint density at radius 2 is 1.72 bits per heavy atom. The zero-order valence-corrected chi connectivity index (χ0v) is 10.6. The first kappa shape index (κ1) is 12.5. The van der Waals surface area contributed by atoms with Crippen molar-refractivity contribution in [1.29, 1.82) is 0 Å². The first-order valence-corrected chi connectivity index (χ1v) is 5.60. The van der Waals surface area contributed by atoms with Gasteiger partial charge >= 0.3 is 0 Å². The first-order valence-electron chi connectivity index (χ1n) is 5.60. The van der Waals surface area contributed by atoms with Crippen molar-refractivity contribution in [2.75, 3.05) is 5.73 Å². The second kappa shape index (κ2) is 5.10. The number of benzene rings is 2. The van der Waals surface area contributed by atoms with Crippen LogP contribution in [0.3, 0.4) is 0 Å². The van der Waals surface area contributed by atoms with Crippen molar-refractivity contribution in [3.05, 3.63) is 59.9 Å². The van der Waals surface area contributed by atoms with Gasteiger partial charge in [0.2, 0.25) is 0 Å². The van der Waals surface area contributed by atoms with E-state index in [-0.39, 0.29) is 12.4 Å². The number of fused-ring (bicyclic) bond motifs is 1. The molecule has 0 aliphatic carbocycles. The molecule has 0 atom stereocenters. The number of rotatable bonds is 2. The summed E-state index contributed by atoms with van der Waals surface area (Å²) in [7, 11) is 0. The number of hydrogen-bond acceptors (Lipinski definition) is 2. The molecule has 0 aliphatic rings. The van der Waals surface area contributed by atoms with E-state index < -0.39 is 0 Å². The Bertz CT molecular complexity index is 628. The van der Waals surface area contributed by atoms with Crippen LogP contribution in [0.5, 0.6) is 0 Å². The SMILES string of the molecule is Cl.Nc1ccccc1Cc1nc2ccccc2[nH]1. The molecule has 92 valence electrons. The Morgan fingerprint density at radius 1 is 1.00 bits per heavy atom. The van der Waals surface area contributed by atoms with Gasteiger partial charge in [0.1, 0.15) is 5.82 Å². The number of para-hydroxylation sites is 3. The van der Waals surface area contributed by atoms with Crippen LogP contribution in [0.2, 0.25) is 0 Å². The summed E-state index contributed by atoms with van der Waals surface area (Å²) in [6.07, 6.45) is 0.737. The minimum absolute atomic E-state index is 0. The highest BCUT2D eigenvalue weighted by Gasteiger charge is 2.04. The van der Waals surface area contributed by atoms with Crippen molar-refractivity contribution < 1.29 is 0 Å². The molecule has 0 radical (unpaired) electrons. The standard InChI is InChI=1S/C14H13N3.ClH/c15-11-6-2-1-5-10(11)9-14-16-12-7-3-4-8-13(12)17-14;/h1-8H,9,15H2,(H,16,17);1H. The van der Waals surface area contributed by atoms with Crippen LogP contribution in [-0.2, 0) is 6.42 Å². The van der Waals surface area contributed by atoms with Crippen molar-refractivity contribution in [2.45, 2.75) is 6.42 Å². The predicted octanol–water partition coefficient (Wildman–Crippen LogP) is 3.16. The Morgan fingerprint density at radius 3 is 2.50 bits per heavy atom. The number of aromatic nitrogens is 2.